The molecule has 0 radical (unpaired) electrons. The van der Waals surface area contributed by atoms with Gasteiger partial charge in [0.25, 0.3) is 5.91 Å². The van der Waals surface area contributed by atoms with Crippen LogP contribution in [0.4, 0.5) is 0 Å². The number of rotatable bonds is 1. The van der Waals surface area contributed by atoms with Crippen molar-refractivity contribution in [1.82, 2.24) is 9.88 Å². The van der Waals surface area contributed by atoms with Crippen LogP contribution in [-0.4, -0.2) is 34.0 Å². The Balaban J connectivity index is 2.22. The summed E-state index contributed by atoms with van der Waals surface area (Å²) >= 11 is 7.58. The number of halogens is 1. The van der Waals surface area contributed by atoms with E-state index in [1.54, 1.807) is 35.0 Å². The Morgan fingerprint density at radius 1 is 1.64 bits per heavy atom. The van der Waals surface area contributed by atoms with Gasteiger partial charge < -0.3 is 4.90 Å². The third kappa shape index (κ3) is 1.86. The summed E-state index contributed by atoms with van der Waals surface area (Å²) in [5, 5.41) is 0.286. The molecule has 1 saturated heterocycles. The van der Waals surface area contributed by atoms with E-state index >= 15 is 0 Å². The van der Waals surface area contributed by atoms with Crippen LogP contribution in [0.1, 0.15) is 10.4 Å². The first kappa shape index (κ1) is 9.80. The quantitative estimate of drug-likeness (QED) is 0.689. The van der Waals surface area contributed by atoms with Crippen LogP contribution in [0.15, 0.2) is 18.3 Å². The Morgan fingerprint density at radius 3 is 3.14 bits per heavy atom. The largest absolute Gasteiger partial charge is 0.328 e. The summed E-state index contributed by atoms with van der Waals surface area (Å²) in [7, 11) is 0. The van der Waals surface area contributed by atoms with E-state index in [-0.39, 0.29) is 11.1 Å². The monoisotopic (exact) mass is 228 g/mol. The lowest BCUT2D eigenvalue weighted by Crippen LogP contribution is -2.28. The maximum absolute atomic E-state index is 11.9. The molecule has 1 aromatic heterocycles. The summed E-state index contributed by atoms with van der Waals surface area (Å²) in [6.45, 7) is 0.800. The zero-order chi connectivity index (χ0) is 9.97. The van der Waals surface area contributed by atoms with Gasteiger partial charge >= 0.3 is 0 Å². The van der Waals surface area contributed by atoms with Gasteiger partial charge in [-0.2, -0.15) is 0 Å². The second-order valence-electron chi connectivity index (χ2n) is 2.95. The molecule has 0 unspecified atom stereocenters. The second-order valence-corrected chi connectivity index (χ2v) is 4.38. The molecule has 0 aromatic carbocycles. The molecule has 14 heavy (non-hydrogen) atoms. The van der Waals surface area contributed by atoms with Crippen molar-refractivity contribution in [3.05, 3.63) is 29.0 Å². The van der Waals surface area contributed by atoms with E-state index in [0.717, 1.165) is 18.2 Å². The molecule has 0 spiro atoms. The van der Waals surface area contributed by atoms with Crippen LogP contribution in [0.5, 0.6) is 0 Å². The third-order valence-corrected chi connectivity index (χ3v) is 3.30. The van der Waals surface area contributed by atoms with Gasteiger partial charge in [-0.1, -0.05) is 11.6 Å². The zero-order valence-corrected chi connectivity index (χ0v) is 9.01. The van der Waals surface area contributed by atoms with Gasteiger partial charge in [-0.3, -0.25) is 4.79 Å². The van der Waals surface area contributed by atoms with Gasteiger partial charge in [-0.15, -0.1) is 11.8 Å². The van der Waals surface area contributed by atoms with E-state index in [1.807, 2.05) is 0 Å². The van der Waals surface area contributed by atoms with Crippen molar-refractivity contribution in [2.24, 2.45) is 0 Å². The molecule has 0 aliphatic carbocycles. The minimum Gasteiger partial charge on any atom is -0.328 e. The molecular weight excluding hydrogens is 220 g/mol. The maximum Gasteiger partial charge on any atom is 0.257 e. The number of carbonyl (C=O) groups is 1. The molecule has 0 bridgehead atoms. The number of hydrogen-bond donors (Lipinski definition) is 0. The van der Waals surface area contributed by atoms with Gasteiger partial charge in [0.15, 0.2) is 0 Å². The predicted molar refractivity (Wildman–Crippen MR) is 57.6 cm³/mol. The average molecular weight is 229 g/mol. The molecular formula is C9H9ClN2OS. The van der Waals surface area contributed by atoms with Gasteiger partial charge in [0.1, 0.15) is 5.15 Å². The van der Waals surface area contributed by atoms with E-state index < -0.39 is 0 Å². The van der Waals surface area contributed by atoms with Crippen molar-refractivity contribution >= 4 is 29.3 Å². The van der Waals surface area contributed by atoms with Crippen molar-refractivity contribution in [1.29, 1.82) is 0 Å². The minimum atomic E-state index is -0.0203. The minimum absolute atomic E-state index is 0.0203. The van der Waals surface area contributed by atoms with Crippen molar-refractivity contribution in [3.8, 4) is 0 Å². The van der Waals surface area contributed by atoms with Crippen LogP contribution in [0.2, 0.25) is 5.15 Å². The fraction of sp³-hybridized carbons (Fsp3) is 0.333. The van der Waals surface area contributed by atoms with Crippen molar-refractivity contribution in [3.63, 3.8) is 0 Å². The summed E-state index contributed by atoms with van der Waals surface area (Å²) in [6, 6.07) is 3.43. The first-order valence-electron chi connectivity index (χ1n) is 4.26. The first-order chi connectivity index (χ1) is 6.79. The molecule has 2 heterocycles. The number of carbonyl (C=O) groups excluding carboxylic acids is 1. The third-order valence-electron chi connectivity index (χ3n) is 2.03. The normalized spacial score (nSPS) is 15.9. The molecule has 1 amide bonds. The Labute approximate surface area is 91.5 Å². The summed E-state index contributed by atoms with van der Waals surface area (Å²) in [4.78, 5) is 17.5. The van der Waals surface area contributed by atoms with Gasteiger partial charge in [0.2, 0.25) is 0 Å². The Hall–Kier alpha value is -0.740. The molecule has 1 fully saturated rings. The highest BCUT2D eigenvalue weighted by molar-refractivity contribution is 7.99. The maximum atomic E-state index is 11.9. The van der Waals surface area contributed by atoms with Crippen molar-refractivity contribution in [2.75, 3.05) is 18.2 Å². The summed E-state index contributed by atoms with van der Waals surface area (Å²) in [6.07, 6.45) is 1.58. The second kappa shape index (κ2) is 4.19. The molecule has 1 aliphatic rings. The highest BCUT2D eigenvalue weighted by atomic mass is 35.5. The van der Waals surface area contributed by atoms with Gasteiger partial charge in [-0.25, -0.2) is 4.98 Å². The van der Waals surface area contributed by atoms with E-state index in [9.17, 15) is 4.79 Å². The molecule has 74 valence electrons. The lowest BCUT2D eigenvalue weighted by atomic mass is 10.2. The van der Waals surface area contributed by atoms with Crippen LogP contribution in [0, 0.1) is 0 Å². The van der Waals surface area contributed by atoms with E-state index in [0.29, 0.717) is 5.56 Å². The van der Waals surface area contributed by atoms with Crippen LogP contribution in [-0.2, 0) is 0 Å². The van der Waals surface area contributed by atoms with Gasteiger partial charge in [0, 0.05) is 18.5 Å². The van der Waals surface area contributed by atoms with Crippen LogP contribution < -0.4 is 0 Å². The highest BCUT2D eigenvalue weighted by Crippen LogP contribution is 2.19. The number of hydrogen-bond acceptors (Lipinski definition) is 3. The summed E-state index contributed by atoms with van der Waals surface area (Å²) in [5.41, 5.74) is 0.497. The molecule has 0 N–H and O–H groups in total. The lowest BCUT2D eigenvalue weighted by Gasteiger charge is -2.14. The SMILES string of the molecule is O=C(c1cccnc1Cl)N1CCSC1. The molecule has 1 aliphatic heterocycles. The Morgan fingerprint density at radius 2 is 2.50 bits per heavy atom. The summed E-state index contributed by atoms with van der Waals surface area (Å²) < 4.78 is 0. The van der Waals surface area contributed by atoms with Crippen LogP contribution >= 0.6 is 23.4 Å². The Kier molecular flexibility index (Phi) is 2.93. The topological polar surface area (TPSA) is 33.2 Å². The molecule has 1 aromatic rings. The van der Waals surface area contributed by atoms with E-state index in [2.05, 4.69) is 4.98 Å². The Bertz CT molecular complexity index is 352. The number of amides is 1. The van der Waals surface area contributed by atoms with Crippen LogP contribution in [0.25, 0.3) is 0 Å². The summed E-state index contributed by atoms with van der Waals surface area (Å²) in [5.74, 6) is 1.74. The first-order valence-corrected chi connectivity index (χ1v) is 5.80. The molecule has 3 nitrogen and oxygen atoms in total. The van der Waals surface area contributed by atoms with Gasteiger partial charge in [-0.05, 0) is 12.1 Å². The van der Waals surface area contributed by atoms with Crippen molar-refractivity contribution in [2.45, 2.75) is 0 Å². The number of nitrogens with zero attached hydrogens (tertiary/aromatic N) is 2. The average Bonchev–Trinajstić information content (AvgIpc) is 2.70. The predicted octanol–water partition coefficient (Wildman–Crippen LogP) is 1.88. The highest BCUT2D eigenvalue weighted by Gasteiger charge is 2.21. The smallest absolute Gasteiger partial charge is 0.257 e. The number of pyridine rings is 1. The van der Waals surface area contributed by atoms with E-state index in [1.165, 1.54) is 0 Å². The number of thioether (sulfide) groups is 1. The molecule has 0 saturated carbocycles. The van der Waals surface area contributed by atoms with Crippen molar-refractivity contribution < 1.29 is 4.79 Å². The molecule has 0 atom stereocenters. The molecule has 2 rings (SSSR count). The fourth-order valence-corrected chi connectivity index (χ4v) is 2.44. The number of aromatic nitrogens is 1. The standard InChI is InChI=1S/C9H9ClN2OS/c10-8-7(2-1-3-11-8)9(13)12-4-5-14-6-12/h1-3H,4-6H2. The zero-order valence-electron chi connectivity index (χ0n) is 7.44. The lowest BCUT2D eigenvalue weighted by molar-refractivity contribution is 0.0802. The van der Waals surface area contributed by atoms with Crippen LogP contribution in [0.3, 0.4) is 0 Å². The van der Waals surface area contributed by atoms with E-state index in [4.69, 9.17) is 11.6 Å². The fourth-order valence-electron chi connectivity index (χ4n) is 1.29. The molecule has 5 heteroatoms. The van der Waals surface area contributed by atoms with Gasteiger partial charge in [0.05, 0.1) is 11.4 Å².